The number of nitro groups is 1. The third-order valence-electron chi connectivity index (χ3n) is 4.82. The minimum absolute atomic E-state index is 0.115. The van der Waals surface area contributed by atoms with Crippen LogP contribution in [-0.4, -0.2) is 54.3 Å². The number of nitrogens with zero attached hydrogens (tertiary/aromatic N) is 2. The molecule has 2 saturated heterocycles. The molecule has 0 aromatic heterocycles. The van der Waals surface area contributed by atoms with E-state index in [1.54, 1.807) is 6.07 Å². The van der Waals surface area contributed by atoms with E-state index in [2.05, 4.69) is 5.32 Å². The minimum atomic E-state index is -0.502. The van der Waals surface area contributed by atoms with Gasteiger partial charge in [-0.15, -0.1) is 11.8 Å². The first-order valence-corrected chi connectivity index (χ1v) is 9.23. The highest BCUT2D eigenvalue weighted by atomic mass is 32.2. The second-order valence-corrected chi connectivity index (χ2v) is 6.92. The second kappa shape index (κ2) is 6.98. The molecule has 1 aromatic rings. The van der Waals surface area contributed by atoms with Gasteiger partial charge in [0.25, 0.3) is 11.6 Å². The molecule has 24 heavy (non-hydrogen) atoms. The average molecular weight is 351 g/mol. The van der Waals surface area contributed by atoms with Crippen LogP contribution in [0.5, 0.6) is 5.75 Å². The Morgan fingerprint density at radius 1 is 1.38 bits per heavy atom. The number of carbonyl (C=O) groups excluding carboxylic acids is 1. The van der Waals surface area contributed by atoms with Crippen LogP contribution in [0.4, 0.5) is 5.69 Å². The highest BCUT2D eigenvalue weighted by Gasteiger charge is 2.40. The number of amides is 1. The van der Waals surface area contributed by atoms with Gasteiger partial charge in [0.2, 0.25) is 0 Å². The van der Waals surface area contributed by atoms with Gasteiger partial charge in [-0.25, -0.2) is 0 Å². The van der Waals surface area contributed by atoms with Gasteiger partial charge in [0, 0.05) is 18.6 Å². The van der Waals surface area contributed by atoms with Gasteiger partial charge in [0.15, 0.2) is 0 Å². The molecule has 2 bridgehead atoms. The molecule has 130 valence electrons. The quantitative estimate of drug-likeness (QED) is 0.509. The van der Waals surface area contributed by atoms with Crippen LogP contribution in [0.3, 0.4) is 0 Å². The molecule has 2 heterocycles. The Labute approximate surface area is 144 Å². The smallest absolute Gasteiger partial charge is 0.285 e. The van der Waals surface area contributed by atoms with E-state index in [4.69, 9.17) is 4.74 Å². The summed E-state index contributed by atoms with van der Waals surface area (Å²) in [6, 6.07) is 3.24. The third kappa shape index (κ3) is 2.95. The van der Waals surface area contributed by atoms with Crippen molar-refractivity contribution in [2.24, 2.45) is 0 Å². The molecule has 2 aliphatic heterocycles. The van der Waals surface area contributed by atoms with E-state index < -0.39 is 4.92 Å². The van der Waals surface area contributed by atoms with Gasteiger partial charge in [-0.3, -0.25) is 14.9 Å². The molecule has 8 heteroatoms. The van der Waals surface area contributed by atoms with E-state index >= 15 is 0 Å². The predicted octanol–water partition coefficient (Wildman–Crippen LogP) is 2.29. The number of thioether (sulfide) groups is 1. The number of rotatable bonds is 4. The summed E-state index contributed by atoms with van der Waals surface area (Å²) in [5.41, 5.74) is -0.0322. The van der Waals surface area contributed by atoms with Gasteiger partial charge in [-0.1, -0.05) is 0 Å². The van der Waals surface area contributed by atoms with Gasteiger partial charge in [0.1, 0.15) is 11.3 Å². The molecule has 0 aliphatic carbocycles. The van der Waals surface area contributed by atoms with Crippen LogP contribution in [-0.2, 0) is 0 Å². The molecule has 2 aliphatic rings. The monoisotopic (exact) mass is 351 g/mol. The Morgan fingerprint density at radius 2 is 2.12 bits per heavy atom. The zero-order chi connectivity index (χ0) is 17.3. The Balaban J connectivity index is 2.04. The minimum Gasteiger partial charge on any atom is -0.495 e. The molecule has 0 saturated carbocycles. The molecule has 3 rings (SSSR count). The van der Waals surface area contributed by atoms with Gasteiger partial charge in [-0.05, 0) is 38.1 Å². The Morgan fingerprint density at radius 3 is 2.79 bits per heavy atom. The fourth-order valence-electron chi connectivity index (χ4n) is 3.64. The Kier molecular flexibility index (Phi) is 4.96. The molecule has 1 N–H and O–H groups in total. The second-order valence-electron chi connectivity index (χ2n) is 6.07. The Bertz CT molecular complexity index is 653. The summed E-state index contributed by atoms with van der Waals surface area (Å²) in [4.78, 5) is 26.7. The highest BCUT2D eigenvalue weighted by molar-refractivity contribution is 7.98. The van der Waals surface area contributed by atoms with Crippen molar-refractivity contribution in [3.8, 4) is 5.75 Å². The fraction of sp³-hybridized carbons (Fsp3) is 0.562. The van der Waals surface area contributed by atoms with Crippen LogP contribution in [0, 0.1) is 10.1 Å². The predicted molar refractivity (Wildman–Crippen MR) is 91.9 cm³/mol. The maximum Gasteiger partial charge on any atom is 0.285 e. The standard InChI is InChI=1S/C16H21N3O4S/c1-23-14-8-13(19(21)22)12(7-15(14)24-2)16(20)18-10-3-4-11(18)9-17-6-5-10/h7-8,10-11,17H,3-6,9H2,1-2H3. The zero-order valence-corrected chi connectivity index (χ0v) is 14.6. The lowest BCUT2D eigenvalue weighted by Crippen LogP contribution is -2.42. The molecule has 0 radical (unpaired) electrons. The summed E-state index contributed by atoms with van der Waals surface area (Å²) in [6.07, 6.45) is 4.67. The number of nitro benzene ring substituents is 1. The number of ether oxygens (including phenoxy) is 1. The fourth-order valence-corrected chi connectivity index (χ4v) is 4.22. The van der Waals surface area contributed by atoms with E-state index in [0.29, 0.717) is 5.75 Å². The molecule has 1 aromatic carbocycles. The van der Waals surface area contributed by atoms with Gasteiger partial charge in [-0.2, -0.15) is 0 Å². The lowest BCUT2D eigenvalue weighted by atomic mass is 10.1. The van der Waals surface area contributed by atoms with Crippen LogP contribution in [0.15, 0.2) is 17.0 Å². The summed E-state index contributed by atoms with van der Waals surface area (Å²) in [6.45, 7) is 1.63. The third-order valence-corrected chi connectivity index (χ3v) is 5.58. The van der Waals surface area contributed by atoms with Crippen LogP contribution >= 0.6 is 11.8 Å². The number of nitrogens with one attached hydrogen (secondary N) is 1. The topological polar surface area (TPSA) is 84.7 Å². The van der Waals surface area contributed by atoms with Crippen LogP contribution in [0.1, 0.15) is 29.6 Å². The summed E-state index contributed by atoms with van der Waals surface area (Å²) in [5, 5.41) is 14.8. The molecule has 2 fully saturated rings. The molecule has 2 atom stereocenters. The Hall–Kier alpha value is -1.80. The van der Waals surface area contributed by atoms with Gasteiger partial charge < -0.3 is 15.0 Å². The van der Waals surface area contributed by atoms with Crippen molar-refractivity contribution in [1.82, 2.24) is 10.2 Å². The molecule has 1 amide bonds. The molecule has 0 spiro atoms. The first-order chi connectivity index (χ1) is 11.6. The number of hydrogen-bond donors (Lipinski definition) is 1. The van der Waals surface area contributed by atoms with Crippen LogP contribution in [0.2, 0.25) is 0 Å². The SMILES string of the molecule is COc1cc([N+](=O)[O-])c(C(=O)N2C3CCNCC2CC3)cc1SC. The van der Waals surface area contributed by atoms with Gasteiger partial charge in [0.05, 0.1) is 23.0 Å². The molecular weight excluding hydrogens is 330 g/mol. The van der Waals surface area contributed by atoms with Crippen molar-refractivity contribution >= 4 is 23.4 Å². The average Bonchev–Trinajstić information content (AvgIpc) is 2.85. The normalized spacial score (nSPS) is 23.0. The number of fused-ring (bicyclic) bond motifs is 2. The largest absolute Gasteiger partial charge is 0.495 e. The first kappa shape index (κ1) is 17.0. The summed E-state index contributed by atoms with van der Waals surface area (Å²) < 4.78 is 5.22. The summed E-state index contributed by atoms with van der Waals surface area (Å²) >= 11 is 1.41. The van der Waals surface area contributed by atoms with Crippen molar-refractivity contribution in [3.63, 3.8) is 0 Å². The lowest BCUT2D eigenvalue weighted by Gasteiger charge is -2.28. The number of benzene rings is 1. The van der Waals surface area contributed by atoms with Crippen molar-refractivity contribution in [3.05, 3.63) is 27.8 Å². The summed E-state index contributed by atoms with van der Waals surface area (Å²) in [5.74, 6) is 0.183. The van der Waals surface area contributed by atoms with E-state index in [1.165, 1.54) is 24.9 Å². The van der Waals surface area contributed by atoms with E-state index in [-0.39, 0.29) is 29.2 Å². The van der Waals surface area contributed by atoms with Crippen LogP contribution < -0.4 is 10.1 Å². The van der Waals surface area contributed by atoms with E-state index in [0.717, 1.165) is 37.2 Å². The van der Waals surface area contributed by atoms with Crippen molar-refractivity contribution in [1.29, 1.82) is 0 Å². The maximum absolute atomic E-state index is 13.2. The zero-order valence-electron chi connectivity index (χ0n) is 13.8. The highest BCUT2D eigenvalue weighted by Crippen LogP contribution is 2.37. The molecule has 2 unspecified atom stereocenters. The number of methoxy groups -OCH3 is 1. The molecular formula is C16H21N3O4S. The van der Waals surface area contributed by atoms with Crippen molar-refractivity contribution in [2.45, 2.75) is 36.2 Å². The number of carbonyl (C=O) groups is 1. The van der Waals surface area contributed by atoms with Crippen molar-refractivity contribution in [2.75, 3.05) is 26.5 Å². The van der Waals surface area contributed by atoms with E-state index in [9.17, 15) is 14.9 Å². The first-order valence-electron chi connectivity index (χ1n) is 8.00. The lowest BCUT2D eigenvalue weighted by molar-refractivity contribution is -0.385. The van der Waals surface area contributed by atoms with Gasteiger partial charge >= 0.3 is 0 Å². The maximum atomic E-state index is 13.2. The van der Waals surface area contributed by atoms with Crippen LogP contribution in [0.25, 0.3) is 0 Å². The molecule has 7 nitrogen and oxygen atoms in total. The number of hydrogen-bond acceptors (Lipinski definition) is 6. The van der Waals surface area contributed by atoms with Crippen molar-refractivity contribution < 1.29 is 14.5 Å². The van der Waals surface area contributed by atoms with E-state index in [1.807, 2.05) is 11.2 Å². The summed E-state index contributed by atoms with van der Waals surface area (Å²) in [7, 11) is 1.47.